The molecule has 2 N–H and O–H groups in total. The lowest BCUT2D eigenvalue weighted by Crippen LogP contribution is -2.19. The molecule has 1 fully saturated rings. The van der Waals surface area contributed by atoms with Crippen LogP contribution >= 0.6 is 23.1 Å². The zero-order valence-corrected chi connectivity index (χ0v) is 16.9. The number of hydrogen-bond donors (Lipinski definition) is 2. The van der Waals surface area contributed by atoms with E-state index in [9.17, 15) is 14.3 Å². The number of carbonyl (C=O) groups is 1. The highest BCUT2D eigenvalue weighted by molar-refractivity contribution is 7.10. The summed E-state index contributed by atoms with van der Waals surface area (Å²) in [7, 11) is 1.78. The number of rotatable bonds is 5. The Morgan fingerprint density at radius 1 is 1.25 bits per heavy atom. The second-order valence-electron chi connectivity index (χ2n) is 7.00. The predicted octanol–water partition coefficient (Wildman–Crippen LogP) is 5.74. The number of hydrogen-bond acceptors (Lipinski definition) is 4. The van der Waals surface area contributed by atoms with Crippen molar-refractivity contribution in [3.05, 3.63) is 58.5 Å². The number of halogens is 2. The maximum atomic E-state index is 14.9. The summed E-state index contributed by atoms with van der Waals surface area (Å²) in [6, 6.07) is 10.2. The van der Waals surface area contributed by atoms with Crippen LogP contribution in [0.1, 0.15) is 24.1 Å². The van der Waals surface area contributed by atoms with E-state index >= 15 is 0 Å². The molecule has 0 atom stereocenters. The van der Waals surface area contributed by atoms with Crippen LogP contribution in [0.5, 0.6) is 0 Å². The fourth-order valence-corrected chi connectivity index (χ4v) is 4.70. The first-order valence-corrected chi connectivity index (χ1v) is 10.0. The van der Waals surface area contributed by atoms with Gasteiger partial charge in [-0.05, 0) is 54.6 Å². The van der Waals surface area contributed by atoms with E-state index in [1.165, 1.54) is 17.6 Å². The molecule has 1 aliphatic carbocycles. The van der Waals surface area contributed by atoms with E-state index in [0.29, 0.717) is 33.9 Å². The molecule has 0 radical (unpaired) electrons. The van der Waals surface area contributed by atoms with E-state index < -0.39 is 11.4 Å². The third kappa shape index (κ3) is 2.97. The molecule has 1 saturated carbocycles. The molecular weight excluding hydrogens is 399 g/mol. The number of aliphatic carboxylic acids is 1. The Hall–Kier alpha value is -2.44. The fourth-order valence-electron chi connectivity index (χ4n) is 3.51. The van der Waals surface area contributed by atoms with Crippen molar-refractivity contribution in [2.75, 3.05) is 12.4 Å². The van der Waals surface area contributed by atoms with Gasteiger partial charge in [0.2, 0.25) is 0 Å². The summed E-state index contributed by atoms with van der Waals surface area (Å²) in [6.07, 6.45) is 1.29. The van der Waals surface area contributed by atoms with E-state index in [0.717, 1.165) is 22.5 Å². The first-order chi connectivity index (χ1) is 13.4. The number of aryl methyl sites for hydroxylation is 1. The molecule has 2 aromatic carbocycles. The van der Waals surface area contributed by atoms with Gasteiger partial charge < -0.3 is 10.4 Å². The number of nitrogens with zero attached hydrogens (tertiary/aromatic N) is 1. The molecule has 4 rings (SSSR count). The van der Waals surface area contributed by atoms with Crippen LogP contribution in [0.25, 0.3) is 21.6 Å². The smallest absolute Gasteiger partial charge is 0.314 e. The van der Waals surface area contributed by atoms with Crippen molar-refractivity contribution in [2.45, 2.75) is 25.2 Å². The van der Waals surface area contributed by atoms with Crippen molar-refractivity contribution in [1.29, 1.82) is 0 Å². The summed E-state index contributed by atoms with van der Waals surface area (Å²) in [5, 5.41) is 12.9. The topological polar surface area (TPSA) is 62.2 Å². The van der Waals surface area contributed by atoms with Crippen molar-refractivity contribution in [1.82, 2.24) is 4.37 Å². The SMILES string of the molecule is CNc1c(C)nsc1-c1cc(Cl)c(-c2ccc(C3(C(=O)O)CC3)cc2)cc1F. The zero-order valence-electron chi connectivity index (χ0n) is 15.3. The molecule has 1 heterocycles. The first kappa shape index (κ1) is 18.9. The molecular formula is C21H18ClFN2O2S. The van der Waals surface area contributed by atoms with E-state index in [1.807, 2.05) is 6.92 Å². The molecule has 0 spiro atoms. The second kappa shape index (κ2) is 6.87. The van der Waals surface area contributed by atoms with Crippen molar-refractivity contribution in [2.24, 2.45) is 0 Å². The number of aromatic nitrogens is 1. The fraction of sp³-hybridized carbons (Fsp3) is 0.238. The number of carboxylic acids is 1. The molecule has 0 unspecified atom stereocenters. The summed E-state index contributed by atoms with van der Waals surface area (Å²) in [6.45, 7) is 1.87. The molecule has 1 aliphatic rings. The van der Waals surface area contributed by atoms with Crippen LogP contribution in [0, 0.1) is 12.7 Å². The van der Waals surface area contributed by atoms with Gasteiger partial charge in [0.05, 0.1) is 21.7 Å². The van der Waals surface area contributed by atoms with Crippen molar-refractivity contribution in [3.63, 3.8) is 0 Å². The molecule has 0 aliphatic heterocycles. The normalized spacial score (nSPS) is 14.7. The van der Waals surface area contributed by atoms with E-state index in [4.69, 9.17) is 11.6 Å². The molecule has 144 valence electrons. The van der Waals surface area contributed by atoms with Crippen LogP contribution in [-0.4, -0.2) is 22.5 Å². The van der Waals surface area contributed by atoms with E-state index in [1.54, 1.807) is 37.4 Å². The Morgan fingerprint density at radius 2 is 1.93 bits per heavy atom. The summed E-state index contributed by atoms with van der Waals surface area (Å²) in [5.41, 5.74) is 3.34. The van der Waals surface area contributed by atoms with Crippen molar-refractivity contribution < 1.29 is 14.3 Å². The van der Waals surface area contributed by atoms with Gasteiger partial charge in [0.1, 0.15) is 5.82 Å². The lowest BCUT2D eigenvalue weighted by Gasteiger charge is -2.13. The molecule has 0 bridgehead atoms. The van der Waals surface area contributed by atoms with Gasteiger partial charge in [-0.25, -0.2) is 4.39 Å². The van der Waals surface area contributed by atoms with Gasteiger partial charge in [0.25, 0.3) is 0 Å². The monoisotopic (exact) mass is 416 g/mol. The Labute approximate surface area is 171 Å². The first-order valence-electron chi connectivity index (χ1n) is 8.85. The van der Waals surface area contributed by atoms with Crippen LogP contribution in [-0.2, 0) is 10.2 Å². The van der Waals surface area contributed by atoms with Gasteiger partial charge in [-0.1, -0.05) is 35.9 Å². The van der Waals surface area contributed by atoms with Crippen LogP contribution in [0.15, 0.2) is 36.4 Å². The van der Waals surface area contributed by atoms with Crippen molar-refractivity contribution >= 4 is 34.8 Å². The van der Waals surface area contributed by atoms with Gasteiger partial charge in [-0.3, -0.25) is 4.79 Å². The number of benzene rings is 2. The molecule has 28 heavy (non-hydrogen) atoms. The minimum atomic E-state index is -0.797. The quantitative estimate of drug-likeness (QED) is 0.557. The van der Waals surface area contributed by atoms with Crippen LogP contribution < -0.4 is 5.32 Å². The predicted molar refractivity (Wildman–Crippen MR) is 111 cm³/mol. The Morgan fingerprint density at radius 3 is 2.50 bits per heavy atom. The van der Waals surface area contributed by atoms with Crippen molar-refractivity contribution in [3.8, 4) is 21.6 Å². The third-order valence-electron chi connectivity index (χ3n) is 5.32. The summed E-state index contributed by atoms with van der Waals surface area (Å²) >= 11 is 7.71. The highest BCUT2D eigenvalue weighted by Crippen LogP contribution is 2.49. The average molecular weight is 417 g/mol. The van der Waals surface area contributed by atoms with Gasteiger partial charge in [0.15, 0.2) is 0 Å². The minimum absolute atomic E-state index is 0.382. The third-order valence-corrected chi connectivity index (χ3v) is 6.61. The lowest BCUT2D eigenvalue weighted by atomic mass is 9.93. The van der Waals surface area contributed by atoms with Gasteiger partial charge >= 0.3 is 5.97 Å². The molecule has 1 aromatic heterocycles. The summed E-state index contributed by atoms with van der Waals surface area (Å²) < 4.78 is 19.2. The van der Waals surface area contributed by atoms with E-state index in [2.05, 4.69) is 9.69 Å². The van der Waals surface area contributed by atoms with E-state index in [-0.39, 0.29) is 5.82 Å². The molecule has 0 saturated heterocycles. The number of carboxylic acid groups (broad SMARTS) is 1. The second-order valence-corrected chi connectivity index (χ2v) is 8.18. The molecule has 7 heteroatoms. The van der Waals surface area contributed by atoms with Crippen LogP contribution in [0.2, 0.25) is 5.02 Å². The van der Waals surface area contributed by atoms with Gasteiger partial charge in [-0.2, -0.15) is 4.37 Å². The maximum absolute atomic E-state index is 14.9. The highest BCUT2D eigenvalue weighted by Gasteiger charge is 2.51. The Kier molecular flexibility index (Phi) is 4.63. The summed E-state index contributed by atoms with van der Waals surface area (Å²) in [4.78, 5) is 12.2. The maximum Gasteiger partial charge on any atom is 0.314 e. The Bertz CT molecular complexity index is 1070. The average Bonchev–Trinajstić information content (AvgIpc) is 3.41. The Balaban J connectivity index is 1.72. The molecule has 3 aromatic rings. The minimum Gasteiger partial charge on any atom is -0.481 e. The highest BCUT2D eigenvalue weighted by atomic mass is 35.5. The van der Waals surface area contributed by atoms with Gasteiger partial charge in [0, 0.05) is 23.2 Å². The standard InChI is InChI=1S/C21H18ClFN2O2S/c1-11-18(24-2)19(28-25-11)15-9-16(22)14(10-17(15)23)12-3-5-13(6-4-12)21(7-8-21)20(26)27/h3-6,9-10,24H,7-8H2,1-2H3,(H,26,27). The number of anilines is 1. The molecule has 4 nitrogen and oxygen atoms in total. The summed E-state index contributed by atoms with van der Waals surface area (Å²) in [5.74, 6) is -1.18. The largest absolute Gasteiger partial charge is 0.481 e. The van der Waals surface area contributed by atoms with Crippen LogP contribution in [0.3, 0.4) is 0 Å². The van der Waals surface area contributed by atoms with Crippen LogP contribution in [0.4, 0.5) is 10.1 Å². The zero-order chi connectivity index (χ0) is 20.1. The van der Waals surface area contributed by atoms with Gasteiger partial charge in [-0.15, -0.1) is 0 Å². The lowest BCUT2D eigenvalue weighted by molar-refractivity contribution is -0.140. The number of nitrogens with one attached hydrogen (secondary N) is 1. The molecule has 0 amide bonds.